The van der Waals surface area contributed by atoms with Crippen molar-refractivity contribution in [1.82, 2.24) is 4.90 Å². The second-order valence-electron chi connectivity index (χ2n) is 5.05. The Balaban J connectivity index is 2.34. The Morgan fingerprint density at radius 3 is 2.20 bits per heavy atom. The zero-order chi connectivity index (χ0) is 11.3. The van der Waals surface area contributed by atoms with Crippen molar-refractivity contribution in [1.29, 1.82) is 0 Å². The molecule has 0 aliphatic rings. The summed E-state index contributed by atoms with van der Waals surface area (Å²) in [5.41, 5.74) is 1.77. The van der Waals surface area contributed by atoms with Gasteiger partial charge in [-0.2, -0.15) is 0 Å². The average Bonchev–Trinajstić information content (AvgIpc) is 2.19. The molecule has 0 atom stereocenters. The van der Waals surface area contributed by atoms with E-state index in [1.165, 1.54) is 24.8 Å². The summed E-state index contributed by atoms with van der Waals surface area (Å²) in [5, 5.41) is 0. The van der Waals surface area contributed by atoms with Gasteiger partial charge in [-0.15, -0.1) is 0 Å². The largest absolute Gasteiger partial charge is 0.304 e. The molecule has 0 fully saturated rings. The fourth-order valence-electron chi connectivity index (χ4n) is 1.59. The minimum Gasteiger partial charge on any atom is -0.304 e. The molecule has 0 aliphatic carbocycles. The molecule has 0 bridgehead atoms. The smallest absolute Gasteiger partial charge is 0.0147 e. The van der Waals surface area contributed by atoms with Crippen molar-refractivity contribution in [3.63, 3.8) is 0 Å². The first kappa shape index (κ1) is 12.3. The summed E-state index contributed by atoms with van der Waals surface area (Å²) in [6.07, 6.45) is 3.70. The molecular formula is C14H23N. The normalized spacial score (nSPS) is 12.1. The topological polar surface area (TPSA) is 3.24 Å². The van der Waals surface area contributed by atoms with Gasteiger partial charge < -0.3 is 4.90 Å². The number of hydrogen-bond donors (Lipinski definition) is 0. The number of aryl methyl sites for hydroxylation is 1. The average molecular weight is 205 g/mol. The van der Waals surface area contributed by atoms with E-state index in [1.54, 1.807) is 0 Å². The van der Waals surface area contributed by atoms with Gasteiger partial charge in [-0.25, -0.2) is 0 Å². The van der Waals surface area contributed by atoms with Crippen LogP contribution in [0.25, 0.3) is 0 Å². The lowest BCUT2D eigenvalue weighted by Crippen LogP contribution is -2.37. The van der Waals surface area contributed by atoms with Crippen LogP contribution in [0.15, 0.2) is 30.3 Å². The van der Waals surface area contributed by atoms with Crippen LogP contribution in [0, 0.1) is 0 Å². The van der Waals surface area contributed by atoms with Gasteiger partial charge in [0.2, 0.25) is 0 Å². The molecule has 0 saturated heterocycles. The molecule has 15 heavy (non-hydrogen) atoms. The molecule has 1 aromatic rings. The lowest BCUT2D eigenvalue weighted by atomic mass is 9.94. The van der Waals surface area contributed by atoms with Gasteiger partial charge in [-0.05, 0) is 52.8 Å². The maximum absolute atomic E-state index is 2.30. The third-order valence-electron chi connectivity index (χ3n) is 3.31. The highest BCUT2D eigenvalue weighted by molar-refractivity contribution is 5.14. The molecule has 1 aromatic carbocycles. The van der Waals surface area contributed by atoms with Gasteiger partial charge in [0.25, 0.3) is 0 Å². The first-order valence-electron chi connectivity index (χ1n) is 5.74. The predicted molar refractivity (Wildman–Crippen MR) is 67.1 cm³/mol. The van der Waals surface area contributed by atoms with E-state index >= 15 is 0 Å². The summed E-state index contributed by atoms with van der Waals surface area (Å²) < 4.78 is 0. The van der Waals surface area contributed by atoms with Gasteiger partial charge in [0.15, 0.2) is 0 Å². The monoisotopic (exact) mass is 205 g/mol. The highest BCUT2D eigenvalue weighted by atomic mass is 15.1. The van der Waals surface area contributed by atoms with E-state index in [-0.39, 0.29) is 0 Å². The molecule has 1 nitrogen and oxygen atoms in total. The highest BCUT2D eigenvalue weighted by Crippen LogP contribution is 2.18. The molecule has 0 radical (unpaired) electrons. The quantitative estimate of drug-likeness (QED) is 0.712. The van der Waals surface area contributed by atoms with Crippen LogP contribution in [-0.4, -0.2) is 24.5 Å². The molecule has 0 saturated carbocycles. The SMILES string of the molecule is CN(C)C(C)(C)CCCc1ccccc1. The summed E-state index contributed by atoms with van der Waals surface area (Å²) in [6.45, 7) is 4.61. The first-order chi connectivity index (χ1) is 7.02. The van der Waals surface area contributed by atoms with Crippen molar-refractivity contribution >= 4 is 0 Å². The minimum absolute atomic E-state index is 0.314. The van der Waals surface area contributed by atoms with Gasteiger partial charge in [0, 0.05) is 5.54 Å². The summed E-state index contributed by atoms with van der Waals surface area (Å²) in [4.78, 5) is 2.30. The molecule has 0 unspecified atom stereocenters. The van der Waals surface area contributed by atoms with E-state index in [0.29, 0.717) is 5.54 Å². The molecule has 0 spiro atoms. The first-order valence-corrected chi connectivity index (χ1v) is 5.74. The summed E-state index contributed by atoms with van der Waals surface area (Å²) in [7, 11) is 4.31. The second kappa shape index (κ2) is 5.32. The fourth-order valence-corrected chi connectivity index (χ4v) is 1.59. The van der Waals surface area contributed by atoms with Gasteiger partial charge in [0.1, 0.15) is 0 Å². The lowest BCUT2D eigenvalue weighted by Gasteiger charge is -2.32. The van der Waals surface area contributed by atoms with E-state index in [4.69, 9.17) is 0 Å². The number of nitrogens with zero attached hydrogens (tertiary/aromatic N) is 1. The molecule has 0 heterocycles. The maximum atomic E-state index is 2.30. The minimum atomic E-state index is 0.314. The van der Waals surface area contributed by atoms with Gasteiger partial charge in [0.05, 0.1) is 0 Å². The summed E-state index contributed by atoms with van der Waals surface area (Å²) in [6, 6.07) is 10.7. The molecule has 84 valence electrons. The van der Waals surface area contributed by atoms with Crippen LogP contribution in [0.4, 0.5) is 0 Å². The van der Waals surface area contributed by atoms with Crippen LogP contribution in [0.1, 0.15) is 32.3 Å². The van der Waals surface area contributed by atoms with E-state index in [0.717, 1.165) is 0 Å². The molecule has 0 aromatic heterocycles. The van der Waals surface area contributed by atoms with Crippen LogP contribution < -0.4 is 0 Å². The van der Waals surface area contributed by atoms with E-state index in [9.17, 15) is 0 Å². The van der Waals surface area contributed by atoms with Crippen LogP contribution >= 0.6 is 0 Å². The van der Waals surface area contributed by atoms with Crippen molar-refractivity contribution in [2.75, 3.05) is 14.1 Å². The number of hydrogen-bond acceptors (Lipinski definition) is 1. The van der Waals surface area contributed by atoms with Crippen molar-refractivity contribution in [2.24, 2.45) is 0 Å². The molecule has 0 amide bonds. The van der Waals surface area contributed by atoms with Crippen molar-refractivity contribution in [3.8, 4) is 0 Å². The second-order valence-corrected chi connectivity index (χ2v) is 5.05. The summed E-state index contributed by atoms with van der Waals surface area (Å²) in [5.74, 6) is 0. The molecule has 0 N–H and O–H groups in total. The van der Waals surface area contributed by atoms with E-state index in [1.807, 2.05) is 0 Å². The zero-order valence-electron chi connectivity index (χ0n) is 10.5. The Labute approximate surface area is 94.1 Å². The number of benzene rings is 1. The molecule has 1 heteroatoms. The molecular weight excluding hydrogens is 182 g/mol. The van der Waals surface area contributed by atoms with Gasteiger partial charge in [-0.3, -0.25) is 0 Å². The Kier molecular flexibility index (Phi) is 4.34. The standard InChI is InChI=1S/C14H23N/c1-14(2,15(3)4)12-8-11-13-9-6-5-7-10-13/h5-7,9-10H,8,11-12H2,1-4H3. The third-order valence-corrected chi connectivity index (χ3v) is 3.31. The van der Waals surface area contributed by atoms with E-state index < -0.39 is 0 Å². The van der Waals surface area contributed by atoms with Crippen molar-refractivity contribution < 1.29 is 0 Å². The Bertz CT molecular complexity index is 275. The molecule has 1 rings (SSSR count). The van der Waals surface area contributed by atoms with Crippen molar-refractivity contribution in [3.05, 3.63) is 35.9 Å². The molecule has 0 aliphatic heterocycles. The fraction of sp³-hybridized carbons (Fsp3) is 0.571. The van der Waals surface area contributed by atoms with Gasteiger partial charge >= 0.3 is 0 Å². The highest BCUT2D eigenvalue weighted by Gasteiger charge is 2.19. The zero-order valence-corrected chi connectivity index (χ0v) is 10.5. The maximum Gasteiger partial charge on any atom is 0.0147 e. The van der Waals surface area contributed by atoms with Crippen LogP contribution in [0.5, 0.6) is 0 Å². The number of rotatable bonds is 5. The Morgan fingerprint density at radius 1 is 1.07 bits per heavy atom. The van der Waals surface area contributed by atoms with Crippen LogP contribution in [0.2, 0.25) is 0 Å². The Morgan fingerprint density at radius 2 is 1.67 bits per heavy atom. The third kappa shape index (κ3) is 4.05. The van der Waals surface area contributed by atoms with Crippen molar-refractivity contribution in [2.45, 2.75) is 38.6 Å². The van der Waals surface area contributed by atoms with Crippen LogP contribution in [-0.2, 0) is 6.42 Å². The predicted octanol–water partition coefficient (Wildman–Crippen LogP) is 3.35. The summed E-state index contributed by atoms with van der Waals surface area (Å²) >= 11 is 0. The Hall–Kier alpha value is -0.820. The van der Waals surface area contributed by atoms with Crippen LogP contribution in [0.3, 0.4) is 0 Å². The van der Waals surface area contributed by atoms with Gasteiger partial charge in [-0.1, -0.05) is 30.3 Å². The lowest BCUT2D eigenvalue weighted by molar-refractivity contribution is 0.179. The van der Waals surface area contributed by atoms with E-state index in [2.05, 4.69) is 63.2 Å².